The normalized spacial score (nSPS) is 26.5. The molecule has 4 aliphatic rings. The van der Waals surface area contributed by atoms with E-state index in [1.807, 2.05) is 98.8 Å². The molecule has 2 aliphatic heterocycles. The van der Waals surface area contributed by atoms with Crippen molar-refractivity contribution in [1.29, 1.82) is 0 Å². The second kappa shape index (κ2) is 12.8. The molecule has 0 radical (unpaired) electrons. The molecule has 0 spiro atoms. The summed E-state index contributed by atoms with van der Waals surface area (Å²) < 4.78 is 5.84. The van der Waals surface area contributed by atoms with Crippen LogP contribution in [0.2, 0.25) is 0 Å². The highest BCUT2D eigenvalue weighted by molar-refractivity contribution is 6.22. The number of anilines is 2. The summed E-state index contributed by atoms with van der Waals surface area (Å²) in [4.78, 5) is 60.1. The van der Waals surface area contributed by atoms with Crippen LogP contribution < -0.4 is 15.1 Å². The molecule has 9 nitrogen and oxygen atoms in total. The largest absolute Gasteiger partial charge is 0.504 e. The second-order valence-electron chi connectivity index (χ2n) is 14.3. The average molecular weight is 696 g/mol. The van der Waals surface area contributed by atoms with Crippen LogP contribution in [0.5, 0.6) is 11.5 Å². The quantitative estimate of drug-likeness (QED) is 0.153. The van der Waals surface area contributed by atoms with Gasteiger partial charge in [0.2, 0.25) is 11.8 Å². The molecule has 9 heteroatoms. The number of carbonyl (C=O) groups excluding carboxylic acids is 4. The minimum Gasteiger partial charge on any atom is -0.504 e. The van der Waals surface area contributed by atoms with Gasteiger partial charge in [0.1, 0.15) is 0 Å². The van der Waals surface area contributed by atoms with E-state index in [1.54, 1.807) is 18.2 Å². The summed E-state index contributed by atoms with van der Waals surface area (Å²) in [6, 6.07) is 29.5. The summed E-state index contributed by atoms with van der Waals surface area (Å²) in [6.07, 6.45) is 3.39. The highest BCUT2D eigenvalue weighted by atomic mass is 16.5. The Kier molecular flexibility index (Phi) is 8.24. The summed E-state index contributed by atoms with van der Waals surface area (Å²) in [5.74, 6) is -4.51. The van der Waals surface area contributed by atoms with E-state index < -0.39 is 46.8 Å². The molecule has 52 heavy (non-hydrogen) atoms. The van der Waals surface area contributed by atoms with E-state index in [4.69, 9.17) is 4.74 Å². The summed E-state index contributed by atoms with van der Waals surface area (Å²) >= 11 is 0. The highest BCUT2D eigenvalue weighted by Gasteiger charge is 2.70. The molecule has 0 aromatic heterocycles. The van der Waals surface area contributed by atoms with Crippen molar-refractivity contribution in [3.05, 3.63) is 131 Å². The van der Waals surface area contributed by atoms with E-state index in [0.29, 0.717) is 35.5 Å². The van der Waals surface area contributed by atoms with Gasteiger partial charge in [-0.2, -0.15) is 5.01 Å². The first kappa shape index (κ1) is 33.4. The molecule has 264 valence electrons. The fourth-order valence-electron chi connectivity index (χ4n) is 9.24. The number of aryl methyl sites for hydroxylation is 2. The molecular formula is C43H41N3O6. The first-order chi connectivity index (χ1) is 25.2. The predicted octanol–water partition coefficient (Wildman–Crippen LogP) is 6.85. The maximum Gasteiger partial charge on any atom is 0.260 e. The van der Waals surface area contributed by atoms with Crippen LogP contribution in [-0.4, -0.2) is 40.4 Å². The van der Waals surface area contributed by atoms with Crippen molar-refractivity contribution in [3.8, 4) is 11.5 Å². The van der Waals surface area contributed by atoms with Gasteiger partial charge in [0, 0.05) is 5.92 Å². The van der Waals surface area contributed by atoms with Crippen LogP contribution in [-0.2, 0) is 31.0 Å². The Morgan fingerprint density at radius 3 is 2.27 bits per heavy atom. The molecule has 4 aromatic carbocycles. The van der Waals surface area contributed by atoms with E-state index in [2.05, 4.69) is 12.3 Å². The lowest BCUT2D eigenvalue weighted by atomic mass is 9.49. The van der Waals surface area contributed by atoms with Gasteiger partial charge in [-0.3, -0.25) is 29.5 Å². The standard InChI is InChI=1S/C43H41N3O6/c1-4-26-13-18-30(19-14-26)45-39(48)32-21-20-31-33(37(32)41(45)50)24-34-40(49)46(44-29-16-11-25(3)12-17-29)42(51)43(34,28-9-7-6-8-10-28)38(31)27-15-22-35(47)36(23-27)52-5-2/h6-20,22-23,32-34,37-38,44,47H,4-5,21,24H2,1-3H3/t32-,33+,34-,37-,38-,43+/m0/s1. The molecule has 4 aromatic rings. The van der Waals surface area contributed by atoms with Crippen LogP contribution >= 0.6 is 0 Å². The molecule has 0 bridgehead atoms. The summed E-state index contributed by atoms with van der Waals surface area (Å²) in [5.41, 5.74) is 7.18. The van der Waals surface area contributed by atoms with Gasteiger partial charge in [-0.25, -0.2) is 0 Å². The molecule has 2 aliphatic carbocycles. The number of amides is 4. The number of ether oxygens (including phenoxy) is 1. The number of hydrazine groups is 1. The lowest BCUT2D eigenvalue weighted by Crippen LogP contribution is -2.53. The minimum atomic E-state index is -1.41. The number of hydrogen-bond donors (Lipinski definition) is 2. The number of nitrogens with zero attached hydrogens (tertiary/aromatic N) is 2. The molecule has 4 amide bonds. The van der Waals surface area contributed by atoms with Crippen LogP contribution in [0.25, 0.3) is 0 Å². The number of rotatable bonds is 8. The number of imide groups is 2. The molecule has 2 saturated heterocycles. The van der Waals surface area contributed by atoms with E-state index in [1.165, 1.54) is 4.90 Å². The fourth-order valence-corrected chi connectivity index (χ4v) is 9.24. The van der Waals surface area contributed by atoms with E-state index in [9.17, 15) is 19.5 Å². The van der Waals surface area contributed by atoms with E-state index in [-0.39, 0.29) is 29.7 Å². The third-order valence-electron chi connectivity index (χ3n) is 11.6. The third kappa shape index (κ3) is 4.97. The van der Waals surface area contributed by atoms with Crippen molar-refractivity contribution >= 4 is 35.0 Å². The average Bonchev–Trinajstić information content (AvgIpc) is 3.54. The molecule has 0 unspecified atom stereocenters. The smallest absolute Gasteiger partial charge is 0.260 e. The SMILES string of the molecule is CCOc1cc([C@H]2C3=CC[C@@H]4C(=O)N(c5ccc(CC)cc5)C(=O)[C@@H]4[C@@H]3C[C@H]3C(=O)N(Nc4ccc(C)cc4)C(=O)[C@@]23c2ccccc2)ccc1O. The monoisotopic (exact) mass is 695 g/mol. The topological polar surface area (TPSA) is 116 Å². The lowest BCUT2D eigenvalue weighted by Gasteiger charge is -2.50. The Bertz CT molecular complexity index is 2110. The maximum atomic E-state index is 15.3. The number of carbonyl (C=O) groups is 4. The van der Waals surface area contributed by atoms with Crippen molar-refractivity contribution in [2.45, 2.75) is 51.4 Å². The molecule has 1 saturated carbocycles. The van der Waals surface area contributed by atoms with Crippen molar-refractivity contribution in [2.24, 2.45) is 23.7 Å². The lowest BCUT2D eigenvalue weighted by molar-refractivity contribution is -0.138. The molecule has 6 atom stereocenters. The Morgan fingerprint density at radius 2 is 1.58 bits per heavy atom. The number of benzene rings is 4. The van der Waals surface area contributed by atoms with Crippen LogP contribution in [0.1, 0.15) is 54.9 Å². The van der Waals surface area contributed by atoms with Gasteiger partial charge in [-0.05, 0) is 92.1 Å². The number of hydrogen-bond acceptors (Lipinski definition) is 7. The van der Waals surface area contributed by atoms with Crippen molar-refractivity contribution in [1.82, 2.24) is 5.01 Å². The van der Waals surface area contributed by atoms with Gasteiger partial charge in [0.05, 0.1) is 41.2 Å². The number of phenolic OH excluding ortho intramolecular Hbond substituents is 1. The van der Waals surface area contributed by atoms with Gasteiger partial charge in [0.25, 0.3) is 11.8 Å². The molecule has 2 heterocycles. The zero-order valence-electron chi connectivity index (χ0n) is 29.4. The van der Waals surface area contributed by atoms with Gasteiger partial charge in [-0.1, -0.05) is 84.8 Å². The van der Waals surface area contributed by atoms with E-state index in [0.717, 1.165) is 28.1 Å². The predicted molar refractivity (Wildman–Crippen MR) is 196 cm³/mol. The number of phenols is 1. The molecular weight excluding hydrogens is 654 g/mol. The first-order valence-corrected chi connectivity index (χ1v) is 18.1. The number of aromatic hydroxyl groups is 1. The van der Waals surface area contributed by atoms with Crippen LogP contribution in [0, 0.1) is 30.6 Å². The zero-order valence-corrected chi connectivity index (χ0v) is 29.4. The zero-order chi connectivity index (χ0) is 36.3. The maximum absolute atomic E-state index is 15.3. The van der Waals surface area contributed by atoms with Crippen LogP contribution in [0.15, 0.2) is 109 Å². The fraction of sp³-hybridized carbons (Fsp3) is 0.302. The third-order valence-corrected chi connectivity index (χ3v) is 11.6. The van der Waals surface area contributed by atoms with Crippen molar-refractivity contribution in [2.75, 3.05) is 16.9 Å². The van der Waals surface area contributed by atoms with Gasteiger partial charge >= 0.3 is 0 Å². The summed E-state index contributed by atoms with van der Waals surface area (Å²) in [5, 5.41) is 11.9. The first-order valence-electron chi connectivity index (χ1n) is 18.1. The number of fused-ring (bicyclic) bond motifs is 4. The minimum absolute atomic E-state index is 0.0428. The van der Waals surface area contributed by atoms with Crippen molar-refractivity contribution in [3.63, 3.8) is 0 Å². The number of allylic oxidation sites excluding steroid dienone is 2. The molecule has 3 fully saturated rings. The van der Waals surface area contributed by atoms with Gasteiger partial charge in [0.15, 0.2) is 11.5 Å². The molecule has 2 N–H and O–H groups in total. The van der Waals surface area contributed by atoms with Gasteiger partial charge < -0.3 is 9.84 Å². The Hall–Kier alpha value is -5.70. The second-order valence-corrected chi connectivity index (χ2v) is 14.3. The van der Waals surface area contributed by atoms with Crippen LogP contribution in [0.4, 0.5) is 11.4 Å². The number of nitrogens with one attached hydrogen (secondary N) is 1. The van der Waals surface area contributed by atoms with Crippen molar-refractivity contribution < 1.29 is 29.0 Å². The molecule has 8 rings (SSSR count). The Labute approximate surface area is 302 Å². The summed E-state index contributed by atoms with van der Waals surface area (Å²) in [7, 11) is 0. The summed E-state index contributed by atoms with van der Waals surface area (Å²) in [6.45, 7) is 6.15. The van der Waals surface area contributed by atoms with Gasteiger partial charge in [-0.15, -0.1) is 0 Å². The van der Waals surface area contributed by atoms with E-state index >= 15 is 4.79 Å². The Balaban J connectivity index is 1.31. The Morgan fingerprint density at radius 1 is 0.846 bits per heavy atom. The highest BCUT2D eigenvalue weighted by Crippen LogP contribution is 2.64. The van der Waals surface area contributed by atoms with Crippen LogP contribution in [0.3, 0.4) is 0 Å².